The summed E-state index contributed by atoms with van der Waals surface area (Å²) >= 11 is 0. The largest absolute Gasteiger partial charge is 0.419 e. The minimum Gasteiger partial charge on any atom is -0.352 e. The SMILES string of the molecule is CC1=C(Nc2ccc(F)c(C(F)(F)F)c2)C(=O)c2ccccc2C1=O. The van der Waals surface area contributed by atoms with Crippen LogP contribution >= 0.6 is 0 Å². The van der Waals surface area contributed by atoms with E-state index in [0.717, 1.165) is 6.07 Å². The van der Waals surface area contributed by atoms with Crippen LogP contribution in [-0.2, 0) is 6.18 Å². The maximum atomic E-state index is 13.4. The summed E-state index contributed by atoms with van der Waals surface area (Å²) in [5.74, 6) is -2.32. The standard InChI is InChI=1S/C18H11F4NO2/c1-9-15(17(25)12-5-3-2-4-11(12)16(9)24)23-10-6-7-14(19)13(8-10)18(20,21)22/h2-8,23H,1H3. The first-order valence-electron chi connectivity index (χ1n) is 7.23. The van der Waals surface area contributed by atoms with Crippen molar-refractivity contribution in [3.63, 3.8) is 0 Å². The summed E-state index contributed by atoms with van der Waals surface area (Å²) < 4.78 is 51.8. The molecule has 2 aromatic carbocycles. The number of halogens is 4. The Morgan fingerprint density at radius 3 is 2.12 bits per heavy atom. The number of fused-ring (bicyclic) bond motifs is 1. The van der Waals surface area contributed by atoms with Gasteiger partial charge in [0.05, 0.1) is 11.3 Å². The summed E-state index contributed by atoms with van der Waals surface area (Å²) in [4.78, 5) is 24.9. The lowest BCUT2D eigenvalue weighted by Crippen LogP contribution is -2.25. The van der Waals surface area contributed by atoms with Crippen LogP contribution in [0.1, 0.15) is 33.2 Å². The first kappa shape index (κ1) is 16.9. The Kier molecular flexibility index (Phi) is 3.94. The number of alkyl halides is 3. The molecule has 1 aliphatic rings. The van der Waals surface area contributed by atoms with Crippen LogP contribution in [0.3, 0.4) is 0 Å². The van der Waals surface area contributed by atoms with Crippen molar-refractivity contribution in [3.05, 3.63) is 76.2 Å². The van der Waals surface area contributed by atoms with E-state index in [1.54, 1.807) is 12.1 Å². The van der Waals surface area contributed by atoms with Gasteiger partial charge in [0.2, 0.25) is 5.78 Å². The van der Waals surface area contributed by atoms with Crippen LogP contribution in [-0.4, -0.2) is 11.6 Å². The lowest BCUT2D eigenvalue weighted by atomic mass is 9.88. The van der Waals surface area contributed by atoms with Gasteiger partial charge in [0.25, 0.3) is 0 Å². The highest BCUT2D eigenvalue weighted by Gasteiger charge is 2.35. The maximum Gasteiger partial charge on any atom is 0.419 e. The fraction of sp³-hybridized carbons (Fsp3) is 0.111. The molecule has 0 atom stereocenters. The highest BCUT2D eigenvalue weighted by Crippen LogP contribution is 2.34. The van der Waals surface area contributed by atoms with Crippen LogP contribution in [0.5, 0.6) is 0 Å². The zero-order chi connectivity index (χ0) is 18.4. The molecule has 0 unspecified atom stereocenters. The second-order valence-electron chi connectivity index (χ2n) is 5.52. The normalized spacial score (nSPS) is 14.6. The number of hydrogen-bond donors (Lipinski definition) is 1. The van der Waals surface area contributed by atoms with Gasteiger partial charge in [0.15, 0.2) is 5.78 Å². The Bertz CT molecular complexity index is 929. The van der Waals surface area contributed by atoms with E-state index < -0.39 is 29.1 Å². The van der Waals surface area contributed by atoms with Crippen molar-refractivity contribution in [1.82, 2.24) is 0 Å². The summed E-state index contributed by atoms with van der Waals surface area (Å²) in [6, 6.07) is 8.47. The van der Waals surface area contributed by atoms with Gasteiger partial charge in [-0.2, -0.15) is 13.2 Å². The van der Waals surface area contributed by atoms with E-state index in [1.807, 2.05) is 0 Å². The summed E-state index contributed by atoms with van der Waals surface area (Å²) in [5.41, 5.74) is -1.22. The smallest absolute Gasteiger partial charge is 0.352 e. The average Bonchev–Trinajstić information content (AvgIpc) is 2.57. The van der Waals surface area contributed by atoms with Crippen molar-refractivity contribution in [3.8, 4) is 0 Å². The molecule has 1 N–H and O–H groups in total. The Morgan fingerprint density at radius 2 is 1.52 bits per heavy atom. The van der Waals surface area contributed by atoms with E-state index in [9.17, 15) is 27.2 Å². The Balaban J connectivity index is 2.03. The van der Waals surface area contributed by atoms with Crippen LogP contribution in [0.2, 0.25) is 0 Å². The Morgan fingerprint density at radius 1 is 0.920 bits per heavy atom. The van der Waals surface area contributed by atoms with Crippen LogP contribution in [0.4, 0.5) is 23.2 Å². The van der Waals surface area contributed by atoms with Gasteiger partial charge in [0, 0.05) is 22.4 Å². The van der Waals surface area contributed by atoms with E-state index in [1.165, 1.54) is 19.1 Å². The molecule has 0 heterocycles. The van der Waals surface area contributed by atoms with Crippen molar-refractivity contribution in [1.29, 1.82) is 0 Å². The van der Waals surface area contributed by atoms with E-state index in [4.69, 9.17) is 0 Å². The summed E-state index contributed by atoms with van der Waals surface area (Å²) in [5, 5.41) is 2.53. The lowest BCUT2D eigenvalue weighted by molar-refractivity contribution is -0.139. The molecule has 0 aliphatic heterocycles. The molecular weight excluding hydrogens is 338 g/mol. The predicted molar refractivity (Wildman–Crippen MR) is 82.8 cm³/mol. The molecule has 0 radical (unpaired) electrons. The molecule has 0 spiro atoms. The molecule has 2 aromatic rings. The molecule has 0 aromatic heterocycles. The van der Waals surface area contributed by atoms with Crippen LogP contribution in [0, 0.1) is 5.82 Å². The molecule has 128 valence electrons. The van der Waals surface area contributed by atoms with Gasteiger partial charge in [-0.15, -0.1) is 0 Å². The number of nitrogens with one attached hydrogen (secondary N) is 1. The topological polar surface area (TPSA) is 46.2 Å². The van der Waals surface area contributed by atoms with Crippen molar-refractivity contribution >= 4 is 17.3 Å². The number of carbonyl (C=O) groups excluding carboxylic acids is 2. The minimum atomic E-state index is -4.87. The number of Topliss-reactive ketones (excluding diaryl/α,β-unsaturated/α-hetero) is 2. The number of ketones is 2. The number of benzene rings is 2. The Hall–Kier alpha value is -2.96. The summed E-state index contributed by atoms with van der Waals surface area (Å²) in [7, 11) is 0. The average molecular weight is 349 g/mol. The molecule has 0 bridgehead atoms. The summed E-state index contributed by atoms with van der Waals surface area (Å²) in [6.07, 6.45) is -4.87. The fourth-order valence-corrected chi connectivity index (χ4v) is 2.61. The van der Waals surface area contributed by atoms with Gasteiger partial charge < -0.3 is 5.32 Å². The number of anilines is 1. The van der Waals surface area contributed by atoms with E-state index in [0.29, 0.717) is 12.1 Å². The first-order valence-corrected chi connectivity index (χ1v) is 7.23. The van der Waals surface area contributed by atoms with Crippen molar-refractivity contribution < 1.29 is 27.2 Å². The Labute approximate surface area is 140 Å². The highest BCUT2D eigenvalue weighted by molar-refractivity contribution is 6.27. The second-order valence-corrected chi connectivity index (χ2v) is 5.52. The van der Waals surface area contributed by atoms with E-state index >= 15 is 0 Å². The second kappa shape index (κ2) is 5.84. The molecule has 0 saturated carbocycles. The number of rotatable bonds is 2. The van der Waals surface area contributed by atoms with Crippen LogP contribution < -0.4 is 5.32 Å². The van der Waals surface area contributed by atoms with Crippen molar-refractivity contribution in [2.45, 2.75) is 13.1 Å². The zero-order valence-electron chi connectivity index (χ0n) is 12.9. The molecule has 25 heavy (non-hydrogen) atoms. The molecule has 0 amide bonds. The first-order chi connectivity index (χ1) is 11.7. The van der Waals surface area contributed by atoms with Crippen molar-refractivity contribution in [2.75, 3.05) is 5.32 Å². The van der Waals surface area contributed by atoms with Gasteiger partial charge in [0.1, 0.15) is 5.82 Å². The minimum absolute atomic E-state index is 0.0848. The molecule has 7 heteroatoms. The monoisotopic (exact) mass is 349 g/mol. The zero-order valence-corrected chi connectivity index (χ0v) is 12.9. The van der Waals surface area contributed by atoms with Crippen LogP contribution in [0.25, 0.3) is 0 Å². The molecule has 1 aliphatic carbocycles. The van der Waals surface area contributed by atoms with Crippen molar-refractivity contribution in [2.24, 2.45) is 0 Å². The highest BCUT2D eigenvalue weighted by atomic mass is 19.4. The molecule has 0 saturated heterocycles. The third kappa shape index (κ3) is 2.93. The third-order valence-corrected chi connectivity index (χ3v) is 3.90. The van der Waals surface area contributed by atoms with Gasteiger partial charge in [-0.05, 0) is 25.1 Å². The van der Waals surface area contributed by atoms with Gasteiger partial charge in [-0.1, -0.05) is 24.3 Å². The quantitative estimate of drug-likeness (QED) is 0.806. The number of hydrogen-bond acceptors (Lipinski definition) is 3. The lowest BCUT2D eigenvalue weighted by Gasteiger charge is -2.20. The number of allylic oxidation sites excluding steroid dienone is 2. The van der Waals surface area contributed by atoms with E-state index in [2.05, 4.69) is 5.32 Å². The summed E-state index contributed by atoms with van der Waals surface area (Å²) in [6.45, 7) is 1.41. The molecule has 3 rings (SSSR count). The number of carbonyl (C=O) groups is 2. The van der Waals surface area contributed by atoms with Gasteiger partial charge >= 0.3 is 6.18 Å². The molecule has 3 nitrogen and oxygen atoms in total. The molecular formula is C18H11F4NO2. The maximum absolute atomic E-state index is 13.4. The van der Waals surface area contributed by atoms with Gasteiger partial charge in [-0.25, -0.2) is 4.39 Å². The molecule has 0 fully saturated rings. The van der Waals surface area contributed by atoms with Gasteiger partial charge in [-0.3, -0.25) is 9.59 Å². The van der Waals surface area contributed by atoms with Crippen LogP contribution in [0.15, 0.2) is 53.7 Å². The fourth-order valence-electron chi connectivity index (χ4n) is 2.61. The predicted octanol–water partition coefficient (Wildman–Crippen LogP) is 4.61. The third-order valence-electron chi connectivity index (χ3n) is 3.90. The van der Waals surface area contributed by atoms with E-state index in [-0.39, 0.29) is 28.1 Å².